The lowest BCUT2D eigenvalue weighted by Gasteiger charge is -2.27. The molecule has 0 radical (unpaired) electrons. The van der Waals surface area contributed by atoms with Gasteiger partial charge in [0, 0.05) is 39.0 Å². The summed E-state index contributed by atoms with van der Waals surface area (Å²) in [5.41, 5.74) is 3.80. The van der Waals surface area contributed by atoms with Crippen LogP contribution in [0.15, 0.2) is 18.2 Å². The molecule has 1 aliphatic rings. The predicted octanol–water partition coefficient (Wildman–Crippen LogP) is 1.89. The van der Waals surface area contributed by atoms with Crippen LogP contribution in [-0.4, -0.2) is 37.9 Å². The third-order valence-corrected chi connectivity index (χ3v) is 4.18. The first-order valence-corrected chi connectivity index (χ1v) is 8.05. The van der Waals surface area contributed by atoms with E-state index in [1.54, 1.807) is 0 Å². The van der Waals surface area contributed by atoms with Gasteiger partial charge >= 0.3 is 6.03 Å². The van der Waals surface area contributed by atoms with E-state index in [-0.39, 0.29) is 18.6 Å². The minimum absolute atomic E-state index is 0.153. The van der Waals surface area contributed by atoms with E-state index in [1.165, 1.54) is 17.7 Å². The Morgan fingerprint density at radius 2 is 2.23 bits per heavy atom. The number of anilines is 1. The molecule has 0 fully saturated rings. The molecule has 0 bridgehead atoms. The van der Waals surface area contributed by atoms with Gasteiger partial charge in [-0.3, -0.25) is 0 Å². The highest BCUT2D eigenvalue weighted by Gasteiger charge is 2.13. The van der Waals surface area contributed by atoms with E-state index in [2.05, 4.69) is 40.8 Å². The maximum Gasteiger partial charge on any atom is 0.315 e. The van der Waals surface area contributed by atoms with Crippen molar-refractivity contribution in [3.8, 4) is 0 Å². The molecule has 5 heteroatoms. The minimum atomic E-state index is -0.153. The number of nitrogens with one attached hydrogen (secondary N) is 2. The van der Waals surface area contributed by atoms with E-state index in [9.17, 15) is 4.79 Å². The lowest BCUT2D eigenvalue weighted by molar-refractivity contribution is 0.233. The van der Waals surface area contributed by atoms with E-state index in [0.717, 1.165) is 18.5 Å². The Hall–Kier alpha value is -1.75. The first-order valence-electron chi connectivity index (χ1n) is 8.05. The molecule has 2 amide bonds. The van der Waals surface area contributed by atoms with E-state index in [0.29, 0.717) is 19.5 Å². The smallest absolute Gasteiger partial charge is 0.315 e. The predicted molar refractivity (Wildman–Crippen MR) is 89.1 cm³/mol. The molecular formula is C17H27N3O2. The molecule has 1 aliphatic heterocycles. The maximum atomic E-state index is 11.8. The fraction of sp³-hybridized carbons (Fsp3) is 0.588. The summed E-state index contributed by atoms with van der Waals surface area (Å²) in [6.45, 7) is 4.40. The topological polar surface area (TPSA) is 64.6 Å². The molecule has 5 nitrogen and oxygen atoms in total. The number of aryl methyl sites for hydroxylation is 1. The van der Waals surface area contributed by atoms with Crippen LogP contribution in [0.4, 0.5) is 10.5 Å². The highest BCUT2D eigenvalue weighted by molar-refractivity contribution is 5.73. The van der Waals surface area contributed by atoms with Crippen molar-refractivity contribution in [3.05, 3.63) is 29.3 Å². The van der Waals surface area contributed by atoms with Crippen LogP contribution in [0.1, 0.15) is 30.9 Å². The molecule has 1 aromatic carbocycles. The summed E-state index contributed by atoms with van der Waals surface area (Å²) in [6.07, 6.45) is 3.00. The van der Waals surface area contributed by atoms with Gasteiger partial charge in [0.2, 0.25) is 0 Å². The second-order valence-corrected chi connectivity index (χ2v) is 6.17. The number of urea groups is 1. The lowest BCUT2D eigenvalue weighted by atomic mass is 9.99. The summed E-state index contributed by atoms with van der Waals surface area (Å²) in [6, 6.07) is 6.27. The monoisotopic (exact) mass is 305 g/mol. The molecule has 1 heterocycles. The van der Waals surface area contributed by atoms with Crippen LogP contribution in [-0.2, 0) is 13.0 Å². The van der Waals surface area contributed by atoms with Gasteiger partial charge in [0.05, 0.1) is 0 Å². The van der Waals surface area contributed by atoms with Crippen molar-refractivity contribution in [2.45, 2.75) is 32.7 Å². The summed E-state index contributed by atoms with van der Waals surface area (Å²) in [5.74, 6) is 0.287. The number of carbonyl (C=O) groups excluding carboxylic acids is 1. The first-order chi connectivity index (χ1) is 10.6. The van der Waals surface area contributed by atoms with Gasteiger partial charge in [0.1, 0.15) is 0 Å². The molecule has 122 valence electrons. The van der Waals surface area contributed by atoms with Crippen molar-refractivity contribution in [2.75, 3.05) is 31.6 Å². The molecule has 2 rings (SSSR count). The molecule has 22 heavy (non-hydrogen) atoms. The summed E-state index contributed by atoms with van der Waals surface area (Å²) in [4.78, 5) is 14.1. The fourth-order valence-corrected chi connectivity index (χ4v) is 2.78. The molecule has 1 atom stereocenters. The fourth-order valence-electron chi connectivity index (χ4n) is 2.78. The number of hydrogen-bond donors (Lipinski definition) is 3. The number of aliphatic hydroxyl groups is 1. The summed E-state index contributed by atoms with van der Waals surface area (Å²) < 4.78 is 0. The molecule has 0 saturated carbocycles. The Balaban J connectivity index is 1.80. The SMILES string of the molecule is CC(CCO)CNC(=O)NCc1ccc2c(c1)CCCN2C. The highest BCUT2D eigenvalue weighted by Crippen LogP contribution is 2.26. The summed E-state index contributed by atoms with van der Waals surface area (Å²) in [7, 11) is 2.12. The van der Waals surface area contributed by atoms with Crippen LogP contribution in [0.5, 0.6) is 0 Å². The van der Waals surface area contributed by atoms with E-state index < -0.39 is 0 Å². The van der Waals surface area contributed by atoms with E-state index in [1.807, 2.05) is 6.92 Å². The number of hydrogen-bond acceptors (Lipinski definition) is 3. The van der Waals surface area contributed by atoms with Crippen LogP contribution in [0.2, 0.25) is 0 Å². The molecular weight excluding hydrogens is 278 g/mol. The van der Waals surface area contributed by atoms with Crippen LogP contribution in [0.25, 0.3) is 0 Å². The van der Waals surface area contributed by atoms with Gasteiger partial charge in [-0.15, -0.1) is 0 Å². The quantitative estimate of drug-likeness (QED) is 0.752. The highest BCUT2D eigenvalue weighted by atomic mass is 16.3. The number of nitrogens with zero attached hydrogens (tertiary/aromatic N) is 1. The number of fused-ring (bicyclic) bond motifs is 1. The molecule has 0 aromatic heterocycles. The maximum absolute atomic E-state index is 11.8. The Kier molecular flexibility index (Phi) is 6.07. The third-order valence-electron chi connectivity index (χ3n) is 4.18. The second kappa shape index (κ2) is 8.03. The molecule has 0 saturated heterocycles. The van der Waals surface area contributed by atoms with Crippen molar-refractivity contribution >= 4 is 11.7 Å². The zero-order chi connectivity index (χ0) is 15.9. The number of amides is 2. The van der Waals surface area contributed by atoms with Gasteiger partial charge in [-0.2, -0.15) is 0 Å². The van der Waals surface area contributed by atoms with Gasteiger partial charge in [-0.05, 0) is 42.4 Å². The normalized spacial score (nSPS) is 15.1. The molecule has 1 aromatic rings. The average molecular weight is 305 g/mol. The van der Waals surface area contributed by atoms with E-state index in [4.69, 9.17) is 5.11 Å². The van der Waals surface area contributed by atoms with Gasteiger partial charge in [0.15, 0.2) is 0 Å². The third kappa shape index (κ3) is 4.63. The lowest BCUT2D eigenvalue weighted by Crippen LogP contribution is -2.37. The van der Waals surface area contributed by atoms with Gasteiger partial charge in [0.25, 0.3) is 0 Å². The Morgan fingerprint density at radius 3 is 3.00 bits per heavy atom. The van der Waals surface area contributed by atoms with Crippen molar-refractivity contribution < 1.29 is 9.90 Å². The largest absolute Gasteiger partial charge is 0.396 e. The van der Waals surface area contributed by atoms with Gasteiger partial charge in [-0.1, -0.05) is 19.1 Å². The average Bonchev–Trinajstić information content (AvgIpc) is 2.51. The Morgan fingerprint density at radius 1 is 1.41 bits per heavy atom. The number of benzene rings is 1. The molecule has 3 N–H and O–H groups in total. The zero-order valence-electron chi connectivity index (χ0n) is 13.6. The van der Waals surface area contributed by atoms with Crippen LogP contribution >= 0.6 is 0 Å². The van der Waals surface area contributed by atoms with Gasteiger partial charge in [-0.25, -0.2) is 4.79 Å². The van der Waals surface area contributed by atoms with Crippen LogP contribution in [0.3, 0.4) is 0 Å². The number of aliphatic hydroxyl groups excluding tert-OH is 1. The van der Waals surface area contributed by atoms with Crippen LogP contribution in [0, 0.1) is 5.92 Å². The van der Waals surface area contributed by atoms with Gasteiger partial charge < -0.3 is 20.6 Å². The van der Waals surface area contributed by atoms with Crippen LogP contribution < -0.4 is 15.5 Å². The molecule has 0 aliphatic carbocycles. The first kappa shape index (κ1) is 16.6. The van der Waals surface area contributed by atoms with Crippen molar-refractivity contribution in [1.29, 1.82) is 0 Å². The zero-order valence-corrected chi connectivity index (χ0v) is 13.6. The second-order valence-electron chi connectivity index (χ2n) is 6.17. The van der Waals surface area contributed by atoms with Crippen molar-refractivity contribution in [1.82, 2.24) is 10.6 Å². The minimum Gasteiger partial charge on any atom is -0.396 e. The Labute approximate surface area is 132 Å². The summed E-state index contributed by atoms with van der Waals surface area (Å²) in [5, 5.41) is 14.6. The Bertz CT molecular complexity index is 505. The van der Waals surface area contributed by atoms with Crippen molar-refractivity contribution in [3.63, 3.8) is 0 Å². The number of carbonyl (C=O) groups is 1. The standard InChI is InChI=1S/C17H27N3O2/c1-13(7-9-21)11-18-17(22)19-12-14-5-6-16-15(10-14)4-3-8-20(16)2/h5-6,10,13,21H,3-4,7-9,11-12H2,1-2H3,(H2,18,19,22). The van der Waals surface area contributed by atoms with Crippen molar-refractivity contribution in [2.24, 2.45) is 5.92 Å². The molecule has 1 unspecified atom stereocenters. The summed E-state index contributed by atoms with van der Waals surface area (Å²) >= 11 is 0. The van der Waals surface area contributed by atoms with E-state index >= 15 is 0 Å². The number of rotatable bonds is 6. The molecule has 0 spiro atoms.